The number of rotatable bonds is 7. The van der Waals surface area contributed by atoms with Crippen molar-refractivity contribution in [2.45, 2.75) is 11.3 Å². The molecule has 0 radical (unpaired) electrons. The second-order valence-corrected chi connectivity index (χ2v) is 5.80. The first kappa shape index (κ1) is 16.2. The summed E-state index contributed by atoms with van der Waals surface area (Å²) < 4.78 is 5.12. The normalized spacial score (nSPS) is 10.0. The number of carbonyl (C=O) groups excluding carboxylic acids is 1. The van der Waals surface area contributed by atoms with E-state index in [1.165, 1.54) is 4.90 Å². The maximum absolute atomic E-state index is 11.8. The highest BCUT2D eigenvalue weighted by molar-refractivity contribution is 7.99. The van der Waals surface area contributed by atoms with E-state index in [-0.39, 0.29) is 6.03 Å². The molecule has 0 spiro atoms. The van der Waals surface area contributed by atoms with Crippen LogP contribution in [-0.2, 0) is 0 Å². The second kappa shape index (κ2) is 9.00. The van der Waals surface area contributed by atoms with Crippen molar-refractivity contribution in [3.8, 4) is 5.75 Å². The quantitative estimate of drug-likeness (QED) is 0.599. The van der Waals surface area contributed by atoms with Crippen molar-refractivity contribution in [2.75, 3.05) is 24.7 Å². The first-order valence-electron chi connectivity index (χ1n) is 7.14. The molecule has 0 bridgehead atoms. The van der Waals surface area contributed by atoms with Crippen LogP contribution in [0, 0.1) is 0 Å². The maximum atomic E-state index is 11.8. The van der Waals surface area contributed by atoms with E-state index in [9.17, 15) is 4.79 Å². The van der Waals surface area contributed by atoms with Crippen LogP contribution in [-0.4, -0.2) is 25.4 Å². The molecule has 2 amide bonds. The number of anilines is 1. The average molecular weight is 316 g/mol. The Balaban J connectivity index is 1.63. The van der Waals surface area contributed by atoms with E-state index in [2.05, 4.69) is 22.8 Å². The molecule has 2 aromatic carbocycles. The summed E-state index contributed by atoms with van der Waals surface area (Å²) in [6, 6.07) is 17.3. The van der Waals surface area contributed by atoms with E-state index in [1.807, 2.05) is 36.4 Å². The van der Waals surface area contributed by atoms with Gasteiger partial charge in [-0.1, -0.05) is 24.3 Å². The molecule has 0 aliphatic carbocycles. The zero-order valence-corrected chi connectivity index (χ0v) is 13.4. The second-order valence-electron chi connectivity index (χ2n) is 4.63. The van der Waals surface area contributed by atoms with Gasteiger partial charge >= 0.3 is 6.03 Å². The van der Waals surface area contributed by atoms with Crippen molar-refractivity contribution in [2.24, 2.45) is 0 Å². The van der Waals surface area contributed by atoms with Crippen LogP contribution in [0.4, 0.5) is 10.5 Å². The van der Waals surface area contributed by atoms with Gasteiger partial charge in [-0.15, -0.1) is 11.8 Å². The van der Waals surface area contributed by atoms with Crippen LogP contribution in [0.3, 0.4) is 0 Å². The Labute approximate surface area is 135 Å². The Morgan fingerprint density at radius 3 is 2.73 bits per heavy atom. The third-order valence-corrected chi connectivity index (χ3v) is 4.04. The zero-order chi connectivity index (χ0) is 15.6. The topological polar surface area (TPSA) is 50.4 Å². The summed E-state index contributed by atoms with van der Waals surface area (Å²) in [6.45, 7) is 0.648. The number of ether oxygens (including phenoxy) is 1. The number of thioether (sulfide) groups is 1. The fourth-order valence-electron chi connectivity index (χ4n) is 1.86. The molecule has 0 atom stereocenters. The van der Waals surface area contributed by atoms with Gasteiger partial charge < -0.3 is 15.4 Å². The summed E-state index contributed by atoms with van der Waals surface area (Å²) in [5, 5.41) is 5.64. The fraction of sp³-hybridized carbons (Fsp3) is 0.235. The van der Waals surface area contributed by atoms with E-state index in [1.54, 1.807) is 24.9 Å². The number of carbonyl (C=O) groups is 1. The fourth-order valence-corrected chi connectivity index (χ4v) is 2.73. The first-order valence-corrected chi connectivity index (χ1v) is 8.13. The molecule has 0 aromatic heterocycles. The molecular formula is C17H20N2O2S. The molecule has 22 heavy (non-hydrogen) atoms. The molecule has 2 rings (SSSR count). The Bertz CT molecular complexity index is 590. The van der Waals surface area contributed by atoms with E-state index in [0.717, 1.165) is 23.6 Å². The monoisotopic (exact) mass is 316 g/mol. The number of urea groups is 1. The van der Waals surface area contributed by atoms with Gasteiger partial charge in [0.15, 0.2) is 0 Å². The molecule has 4 nitrogen and oxygen atoms in total. The van der Waals surface area contributed by atoms with E-state index in [4.69, 9.17) is 4.74 Å². The minimum atomic E-state index is -0.196. The van der Waals surface area contributed by atoms with Crippen LogP contribution in [0.25, 0.3) is 0 Å². The van der Waals surface area contributed by atoms with Gasteiger partial charge in [0.2, 0.25) is 0 Å². The van der Waals surface area contributed by atoms with Crippen LogP contribution >= 0.6 is 11.8 Å². The zero-order valence-electron chi connectivity index (χ0n) is 12.5. The Morgan fingerprint density at radius 1 is 1.14 bits per heavy atom. The molecule has 0 aliphatic rings. The molecule has 0 unspecified atom stereocenters. The molecule has 0 saturated heterocycles. The predicted octanol–water partition coefficient (Wildman–Crippen LogP) is 4.00. The van der Waals surface area contributed by atoms with Gasteiger partial charge in [-0.2, -0.15) is 0 Å². The molecular weight excluding hydrogens is 296 g/mol. The summed E-state index contributed by atoms with van der Waals surface area (Å²) in [4.78, 5) is 13.0. The van der Waals surface area contributed by atoms with Gasteiger partial charge in [-0.05, 0) is 36.4 Å². The lowest BCUT2D eigenvalue weighted by Crippen LogP contribution is -2.29. The van der Waals surface area contributed by atoms with Crippen molar-refractivity contribution in [3.05, 3.63) is 54.6 Å². The highest BCUT2D eigenvalue weighted by atomic mass is 32.2. The lowest BCUT2D eigenvalue weighted by molar-refractivity contribution is 0.252. The van der Waals surface area contributed by atoms with Gasteiger partial charge in [0.05, 0.1) is 7.11 Å². The SMILES string of the molecule is COc1cccc(NC(=O)NCCCSc2ccccc2)c1. The Hall–Kier alpha value is -2.14. The number of hydrogen-bond donors (Lipinski definition) is 2. The van der Waals surface area contributed by atoms with Crippen LogP contribution in [0.5, 0.6) is 5.75 Å². The molecule has 0 heterocycles. The first-order chi connectivity index (χ1) is 10.8. The van der Waals surface area contributed by atoms with Gasteiger partial charge in [0.1, 0.15) is 5.75 Å². The smallest absolute Gasteiger partial charge is 0.319 e. The summed E-state index contributed by atoms with van der Waals surface area (Å²) >= 11 is 1.79. The van der Waals surface area contributed by atoms with E-state index < -0.39 is 0 Å². The van der Waals surface area contributed by atoms with Crippen LogP contribution in [0.2, 0.25) is 0 Å². The summed E-state index contributed by atoms with van der Waals surface area (Å²) in [6.07, 6.45) is 0.922. The lowest BCUT2D eigenvalue weighted by Gasteiger charge is -2.08. The number of hydrogen-bond acceptors (Lipinski definition) is 3. The van der Waals surface area contributed by atoms with Crippen molar-refractivity contribution >= 4 is 23.5 Å². The van der Waals surface area contributed by atoms with E-state index in [0.29, 0.717) is 6.54 Å². The standard InChI is InChI=1S/C17H20N2O2S/c1-21-15-8-5-7-14(13-15)19-17(20)18-11-6-12-22-16-9-3-2-4-10-16/h2-5,7-10,13H,6,11-12H2,1H3,(H2,18,19,20). The average Bonchev–Trinajstić information content (AvgIpc) is 2.55. The Morgan fingerprint density at radius 2 is 1.95 bits per heavy atom. The molecule has 5 heteroatoms. The number of benzene rings is 2. The van der Waals surface area contributed by atoms with Crippen molar-refractivity contribution in [1.82, 2.24) is 5.32 Å². The summed E-state index contributed by atoms with van der Waals surface area (Å²) in [5.74, 6) is 1.70. The lowest BCUT2D eigenvalue weighted by atomic mass is 10.3. The number of methoxy groups -OCH3 is 1. The largest absolute Gasteiger partial charge is 0.497 e. The molecule has 116 valence electrons. The highest BCUT2D eigenvalue weighted by Crippen LogP contribution is 2.18. The maximum Gasteiger partial charge on any atom is 0.319 e. The molecule has 2 aromatic rings. The summed E-state index contributed by atoms with van der Waals surface area (Å²) in [7, 11) is 1.60. The highest BCUT2D eigenvalue weighted by Gasteiger charge is 2.02. The molecule has 0 saturated carbocycles. The summed E-state index contributed by atoms with van der Waals surface area (Å²) in [5.41, 5.74) is 0.718. The molecule has 0 aliphatic heterocycles. The molecule has 0 fully saturated rings. The number of amides is 2. The van der Waals surface area contributed by atoms with Crippen LogP contribution < -0.4 is 15.4 Å². The van der Waals surface area contributed by atoms with Gasteiger partial charge in [0.25, 0.3) is 0 Å². The van der Waals surface area contributed by atoms with Crippen LogP contribution in [0.1, 0.15) is 6.42 Å². The van der Waals surface area contributed by atoms with Gasteiger partial charge in [-0.3, -0.25) is 0 Å². The minimum absolute atomic E-state index is 0.196. The third kappa shape index (κ3) is 5.69. The van der Waals surface area contributed by atoms with Gasteiger partial charge in [0, 0.05) is 23.2 Å². The molecule has 2 N–H and O–H groups in total. The number of nitrogens with one attached hydrogen (secondary N) is 2. The predicted molar refractivity (Wildman–Crippen MR) is 91.8 cm³/mol. The Kier molecular flexibility index (Phi) is 6.64. The van der Waals surface area contributed by atoms with Gasteiger partial charge in [-0.25, -0.2) is 4.79 Å². The third-order valence-electron chi connectivity index (χ3n) is 2.95. The van der Waals surface area contributed by atoms with E-state index >= 15 is 0 Å². The van der Waals surface area contributed by atoms with Crippen molar-refractivity contribution in [3.63, 3.8) is 0 Å². The van der Waals surface area contributed by atoms with Crippen molar-refractivity contribution in [1.29, 1.82) is 0 Å². The van der Waals surface area contributed by atoms with Crippen molar-refractivity contribution < 1.29 is 9.53 Å². The minimum Gasteiger partial charge on any atom is -0.497 e. The van der Waals surface area contributed by atoms with Crippen LogP contribution in [0.15, 0.2) is 59.5 Å².